The van der Waals surface area contributed by atoms with E-state index in [2.05, 4.69) is 119 Å². The van der Waals surface area contributed by atoms with Gasteiger partial charge in [0.2, 0.25) is 0 Å². The molecule has 3 aromatic carbocycles. The predicted molar refractivity (Wildman–Crippen MR) is 142 cm³/mol. The summed E-state index contributed by atoms with van der Waals surface area (Å²) in [6.07, 6.45) is 0. The molecule has 0 aliphatic carbocycles. The van der Waals surface area contributed by atoms with Crippen LogP contribution in [0.1, 0.15) is 48.7 Å². The Morgan fingerprint density at radius 1 is 0.788 bits per heavy atom. The maximum absolute atomic E-state index is 5.10. The number of aromatic nitrogens is 1. The topological polar surface area (TPSA) is 37.0 Å². The van der Waals surface area contributed by atoms with Gasteiger partial charge >= 0.3 is 0 Å². The Kier molecular flexibility index (Phi) is 6.53. The molecule has 0 saturated heterocycles. The molecule has 0 aliphatic heterocycles. The highest BCUT2D eigenvalue weighted by Gasteiger charge is 2.15. The Bertz CT molecular complexity index is 1260. The van der Waals surface area contributed by atoms with Crippen LogP contribution in [-0.2, 0) is 13.1 Å². The third-order valence-electron chi connectivity index (χ3n) is 6.01. The minimum absolute atomic E-state index is 0.0475. The number of benzene rings is 3. The van der Waals surface area contributed by atoms with Crippen LogP contribution in [0.15, 0.2) is 66.7 Å². The van der Waals surface area contributed by atoms with Crippen LogP contribution in [0.3, 0.4) is 0 Å². The van der Waals surface area contributed by atoms with Gasteiger partial charge in [0.15, 0.2) is 0 Å². The van der Waals surface area contributed by atoms with Crippen molar-refractivity contribution in [2.75, 3.05) is 5.32 Å². The summed E-state index contributed by atoms with van der Waals surface area (Å²) in [4.78, 5) is 5.10. The van der Waals surface area contributed by atoms with E-state index in [4.69, 9.17) is 4.98 Å². The molecule has 4 rings (SSSR count). The van der Waals surface area contributed by atoms with Gasteiger partial charge in [-0.1, -0.05) is 60.2 Å². The van der Waals surface area contributed by atoms with Crippen LogP contribution in [-0.4, -0.2) is 10.5 Å². The maximum Gasteiger partial charge on any atom is 0.0715 e. The van der Waals surface area contributed by atoms with E-state index in [1.807, 2.05) is 0 Å². The molecule has 0 bridgehead atoms. The largest absolute Gasteiger partial charge is 0.379 e. The lowest BCUT2D eigenvalue weighted by atomic mass is 9.95. The van der Waals surface area contributed by atoms with Gasteiger partial charge in [-0.2, -0.15) is 0 Å². The average molecular weight is 438 g/mol. The van der Waals surface area contributed by atoms with E-state index in [9.17, 15) is 0 Å². The SMILES string of the molecule is Cc1cc(C)c(NCc2cccc(-c3c(CNC(C)(C)C)ccc4ccccc34)n2)c(C)c1. The molecule has 3 heteroatoms. The van der Waals surface area contributed by atoms with Crippen LogP contribution in [0.5, 0.6) is 0 Å². The maximum atomic E-state index is 5.10. The number of nitrogens with zero attached hydrogens (tertiary/aromatic N) is 1. The summed E-state index contributed by atoms with van der Waals surface area (Å²) in [7, 11) is 0. The van der Waals surface area contributed by atoms with Crippen LogP contribution >= 0.6 is 0 Å². The lowest BCUT2D eigenvalue weighted by Gasteiger charge is -2.22. The Labute approximate surface area is 198 Å². The standard InChI is InChI=1S/C30H35N3/c1-20-16-21(2)29(22(3)17-20)31-19-25-11-9-13-27(33-25)28-24(18-32-30(4,5)6)15-14-23-10-7-8-12-26(23)28/h7-17,31-32H,18-19H2,1-6H3. The van der Waals surface area contributed by atoms with Crippen molar-refractivity contribution in [3.8, 4) is 11.3 Å². The van der Waals surface area contributed by atoms with Gasteiger partial charge in [0.05, 0.1) is 17.9 Å². The van der Waals surface area contributed by atoms with E-state index in [1.165, 1.54) is 44.3 Å². The molecule has 1 aromatic heterocycles. The van der Waals surface area contributed by atoms with Crippen LogP contribution in [0, 0.1) is 20.8 Å². The highest BCUT2D eigenvalue weighted by atomic mass is 14.9. The summed E-state index contributed by atoms with van der Waals surface area (Å²) in [5.41, 5.74) is 9.63. The summed E-state index contributed by atoms with van der Waals surface area (Å²) >= 11 is 0. The zero-order valence-corrected chi connectivity index (χ0v) is 20.7. The fraction of sp³-hybridized carbons (Fsp3) is 0.300. The zero-order chi connectivity index (χ0) is 23.6. The summed E-state index contributed by atoms with van der Waals surface area (Å²) in [6.45, 7) is 14.6. The second-order valence-electron chi connectivity index (χ2n) is 10.1. The third-order valence-corrected chi connectivity index (χ3v) is 6.01. The Hall–Kier alpha value is -3.17. The fourth-order valence-corrected chi connectivity index (χ4v) is 4.48. The van der Waals surface area contributed by atoms with Crippen LogP contribution in [0.25, 0.3) is 22.0 Å². The second-order valence-corrected chi connectivity index (χ2v) is 10.1. The zero-order valence-electron chi connectivity index (χ0n) is 20.7. The molecule has 0 spiro atoms. The van der Waals surface area contributed by atoms with Crippen molar-refractivity contribution in [1.82, 2.24) is 10.3 Å². The van der Waals surface area contributed by atoms with Crippen LogP contribution < -0.4 is 10.6 Å². The van der Waals surface area contributed by atoms with Crippen molar-refractivity contribution in [2.24, 2.45) is 0 Å². The highest BCUT2D eigenvalue weighted by Crippen LogP contribution is 2.32. The Morgan fingerprint density at radius 2 is 1.52 bits per heavy atom. The molecule has 0 unspecified atom stereocenters. The summed E-state index contributed by atoms with van der Waals surface area (Å²) in [5, 5.41) is 9.76. The number of aryl methyl sites for hydroxylation is 3. The van der Waals surface area contributed by atoms with Gasteiger partial charge in [0, 0.05) is 23.3 Å². The molecule has 4 aromatic rings. The van der Waals surface area contributed by atoms with Gasteiger partial charge < -0.3 is 10.6 Å². The van der Waals surface area contributed by atoms with Gasteiger partial charge in [-0.05, 0) is 81.1 Å². The average Bonchev–Trinajstić information content (AvgIpc) is 2.76. The van der Waals surface area contributed by atoms with E-state index >= 15 is 0 Å². The van der Waals surface area contributed by atoms with E-state index in [-0.39, 0.29) is 5.54 Å². The lowest BCUT2D eigenvalue weighted by Crippen LogP contribution is -2.35. The number of anilines is 1. The molecule has 3 nitrogen and oxygen atoms in total. The van der Waals surface area contributed by atoms with Crippen molar-refractivity contribution in [3.05, 3.63) is 94.7 Å². The first kappa shape index (κ1) is 23.0. The molecule has 33 heavy (non-hydrogen) atoms. The molecule has 1 heterocycles. The monoisotopic (exact) mass is 437 g/mol. The first-order valence-corrected chi connectivity index (χ1v) is 11.7. The number of rotatable bonds is 6. The van der Waals surface area contributed by atoms with E-state index in [0.29, 0.717) is 6.54 Å². The molecule has 2 N–H and O–H groups in total. The van der Waals surface area contributed by atoms with Crippen molar-refractivity contribution in [1.29, 1.82) is 0 Å². The molecule has 0 fully saturated rings. The summed E-state index contributed by atoms with van der Waals surface area (Å²) in [5.74, 6) is 0. The minimum Gasteiger partial charge on any atom is -0.379 e. The number of fused-ring (bicyclic) bond motifs is 1. The molecule has 0 saturated carbocycles. The van der Waals surface area contributed by atoms with Gasteiger partial charge in [-0.15, -0.1) is 0 Å². The smallest absolute Gasteiger partial charge is 0.0715 e. The van der Waals surface area contributed by atoms with Gasteiger partial charge in [-0.25, -0.2) is 0 Å². The van der Waals surface area contributed by atoms with Crippen molar-refractivity contribution in [2.45, 2.75) is 60.2 Å². The van der Waals surface area contributed by atoms with E-state index in [1.54, 1.807) is 0 Å². The van der Waals surface area contributed by atoms with Crippen molar-refractivity contribution >= 4 is 16.5 Å². The van der Waals surface area contributed by atoms with Gasteiger partial charge in [0.1, 0.15) is 0 Å². The van der Waals surface area contributed by atoms with Crippen LogP contribution in [0.2, 0.25) is 0 Å². The predicted octanol–water partition coefficient (Wildman–Crippen LogP) is 7.33. The summed E-state index contributed by atoms with van der Waals surface area (Å²) in [6, 6.07) is 23.9. The summed E-state index contributed by atoms with van der Waals surface area (Å²) < 4.78 is 0. The number of nitrogens with one attached hydrogen (secondary N) is 2. The molecule has 0 radical (unpaired) electrons. The number of pyridine rings is 1. The first-order valence-electron chi connectivity index (χ1n) is 11.7. The first-order chi connectivity index (χ1) is 15.7. The number of hydrogen-bond acceptors (Lipinski definition) is 3. The van der Waals surface area contributed by atoms with Gasteiger partial charge in [-0.3, -0.25) is 4.98 Å². The Balaban J connectivity index is 1.70. The second kappa shape index (κ2) is 9.36. The fourth-order valence-electron chi connectivity index (χ4n) is 4.48. The third kappa shape index (κ3) is 5.43. The molecule has 0 atom stereocenters. The molecule has 170 valence electrons. The number of hydrogen-bond donors (Lipinski definition) is 2. The molecule has 0 amide bonds. The molecular formula is C30H35N3. The van der Waals surface area contributed by atoms with E-state index < -0.39 is 0 Å². The normalized spacial score (nSPS) is 11.7. The highest BCUT2D eigenvalue weighted by molar-refractivity contribution is 5.97. The van der Waals surface area contributed by atoms with Crippen LogP contribution in [0.4, 0.5) is 5.69 Å². The molecule has 0 aliphatic rings. The Morgan fingerprint density at radius 3 is 2.24 bits per heavy atom. The quantitative estimate of drug-likeness (QED) is 0.332. The minimum atomic E-state index is 0.0475. The van der Waals surface area contributed by atoms with E-state index in [0.717, 1.165) is 17.9 Å². The lowest BCUT2D eigenvalue weighted by molar-refractivity contribution is 0.424. The van der Waals surface area contributed by atoms with Crippen molar-refractivity contribution in [3.63, 3.8) is 0 Å². The van der Waals surface area contributed by atoms with Crippen molar-refractivity contribution < 1.29 is 0 Å². The molecular weight excluding hydrogens is 402 g/mol. The van der Waals surface area contributed by atoms with Gasteiger partial charge in [0.25, 0.3) is 0 Å².